The number of aromatic amines is 1. The molecule has 2 aromatic carbocycles. The molecule has 26 heavy (non-hydrogen) atoms. The van der Waals surface area contributed by atoms with Crippen molar-refractivity contribution in [1.29, 1.82) is 0 Å². The van der Waals surface area contributed by atoms with Crippen LogP contribution in [0.1, 0.15) is 17.0 Å². The number of aromatic nitrogens is 3. The van der Waals surface area contributed by atoms with Crippen LogP contribution >= 0.6 is 11.8 Å². The van der Waals surface area contributed by atoms with Crippen LogP contribution in [0.25, 0.3) is 0 Å². The van der Waals surface area contributed by atoms with Crippen LogP contribution in [-0.4, -0.2) is 26.8 Å². The Morgan fingerprint density at radius 2 is 1.96 bits per heavy atom. The van der Waals surface area contributed by atoms with Crippen molar-refractivity contribution < 1.29 is 4.79 Å². The van der Waals surface area contributed by atoms with Gasteiger partial charge in [-0.15, -0.1) is 5.10 Å². The molecule has 0 unspecified atom stereocenters. The maximum Gasteiger partial charge on any atom is 0.234 e. The van der Waals surface area contributed by atoms with Crippen molar-refractivity contribution in [3.8, 4) is 0 Å². The number of hydrogen-bond donors (Lipinski definition) is 3. The first-order valence-corrected chi connectivity index (χ1v) is 9.29. The molecule has 6 nitrogen and oxygen atoms in total. The summed E-state index contributed by atoms with van der Waals surface area (Å²) >= 11 is 1.31. The number of nitrogens with one attached hydrogen (secondary N) is 3. The number of nitrogens with zero attached hydrogens (tertiary/aromatic N) is 2. The standard InChI is InChI=1S/C19H21N5OS/c1-13-8-9-14(2)16(10-13)21-18(25)12-26-19-22-17(23-24-19)11-20-15-6-4-3-5-7-15/h3-10,20H,11-12H2,1-2H3,(H,21,25)(H,22,23,24). The molecule has 0 saturated heterocycles. The van der Waals surface area contributed by atoms with Gasteiger partial charge in [-0.3, -0.25) is 9.89 Å². The molecule has 0 atom stereocenters. The normalized spacial score (nSPS) is 10.5. The zero-order chi connectivity index (χ0) is 18.4. The van der Waals surface area contributed by atoms with Gasteiger partial charge in [-0.05, 0) is 43.2 Å². The van der Waals surface area contributed by atoms with Gasteiger partial charge >= 0.3 is 0 Å². The molecule has 134 valence electrons. The lowest BCUT2D eigenvalue weighted by molar-refractivity contribution is -0.113. The van der Waals surface area contributed by atoms with E-state index in [9.17, 15) is 4.79 Å². The molecule has 0 aliphatic heterocycles. The molecule has 0 saturated carbocycles. The zero-order valence-corrected chi connectivity index (χ0v) is 15.6. The first kappa shape index (κ1) is 18.0. The zero-order valence-electron chi connectivity index (χ0n) is 14.7. The Labute approximate surface area is 156 Å². The third-order valence-corrected chi connectivity index (χ3v) is 4.59. The lowest BCUT2D eigenvalue weighted by Crippen LogP contribution is -2.15. The number of anilines is 2. The number of aryl methyl sites for hydroxylation is 2. The molecule has 0 bridgehead atoms. The number of amides is 1. The minimum Gasteiger partial charge on any atom is -0.378 e. The van der Waals surface area contributed by atoms with E-state index in [0.717, 1.165) is 28.3 Å². The van der Waals surface area contributed by atoms with Crippen molar-refractivity contribution in [3.63, 3.8) is 0 Å². The molecule has 0 spiro atoms. The Morgan fingerprint density at radius 3 is 2.77 bits per heavy atom. The SMILES string of the molecule is Cc1ccc(C)c(NC(=O)CSc2n[nH]c(CNc3ccccc3)n2)c1. The average molecular weight is 367 g/mol. The third-order valence-electron chi connectivity index (χ3n) is 3.74. The summed E-state index contributed by atoms with van der Waals surface area (Å²) < 4.78 is 0. The average Bonchev–Trinajstić information content (AvgIpc) is 3.10. The van der Waals surface area contributed by atoms with E-state index in [1.54, 1.807) is 0 Å². The number of thioether (sulfide) groups is 1. The van der Waals surface area contributed by atoms with Crippen LogP contribution in [0, 0.1) is 13.8 Å². The first-order chi connectivity index (χ1) is 12.6. The summed E-state index contributed by atoms with van der Waals surface area (Å²) in [6.45, 7) is 4.53. The smallest absolute Gasteiger partial charge is 0.234 e. The van der Waals surface area contributed by atoms with Crippen molar-refractivity contribution in [1.82, 2.24) is 15.2 Å². The number of rotatable bonds is 7. The largest absolute Gasteiger partial charge is 0.378 e. The van der Waals surface area contributed by atoms with Gasteiger partial charge in [-0.1, -0.05) is 42.1 Å². The molecule has 0 fully saturated rings. The van der Waals surface area contributed by atoms with Gasteiger partial charge in [-0.25, -0.2) is 4.98 Å². The van der Waals surface area contributed by atoms with E-state index < -0.39 is 0 Å². The highest BCUT2D eigenvalue weighted by atomic mass is 32.2. The minimum atomic E-state index is -0.0718. The van der Waals surface area contributed by atoms with Crippen LogP contribution in [0.3, 0.4) is 0 Å². The van der Waals surface area contributed by atoms with E-state index in [2.05, 4.69) is 25.8 Å². The number of carbonyl (C=O) groups is 1. The van der Waals surface area contributed by atoms with E-state index in [-0.39, 0.29) is 11.7 Å². The van der Waals surface area contributed by atoms with Gasteiger partial charge in [-0.2, -0.15) is 0 Å². The van der Waals surface area contributed by atoms with E-state index >= 15 is 0 Å². The summed E-state index contributed by atoms with van der Waals surface area (Å²) in [5.74, 6) is 0.917. The van der Waals surface area contributed by atoms with Crippen LogP contribution < -0.4 is 10.6 Å². The maximum absolute atomic E-state index is 12.2. The molecular formula is C19H21N5OS. The minimum absolute atomic E-state index is 0.0718. The van der Waals surface area contributed by atoms with Gasteiger partial charge in [0.05, 0.1) is 12.3 Å². The predicted octanol–water partition coefficient (Wildman–Crippen LogP) is 3.76. The molecule has 3 N–H and O–H groups in total. The third kappa shape index (κ3) is 5.10. The molecule has 7 heteroatoms. The predicted molar refractivity (Wildman–Crippen MR) is 105 cm³/mol. The molecule has 3 aromatic rings. The Balaban J connectivity index is 1.48. The summed E-state index contributed by atoms with van der Waals surface area (Å²) in [6.07, 6.45) is 0. The van der Waals surface area contributed by atoms with E-state index in [1.165, 1.54) is 11.8 Å². The highest BCUT2D eigenvalue weighted by Crippen LogP contribution is 2.18. The number of para-hydroxylation sites is 1. The highest BCUT2D eigenvalue weighted by molar-refractivity contribution is 7.99. The van der Waals surface area contributed by atoms with Crippen LogP contribution in [0.2, 0.25) is 0 Å². The van der Waals surface area contributed by atoms with Gasteiger partial charge in [0.15, 0.2) is 0 Å². The maximum atomic E-state index is 12.2. The van der Waals surface area contributed by atoms with Gasteiger partial charge < -0.3 is 10.6 Å². The summed E-state index contributed by atoms with van der Waals surface area (Å²) in [7, 11) is 0. The van der Waals surface area contributed by atoms with Crippen LogP contribution in [0.4, 0.5) is 11.4 Å². The summed E-state index contributed by atoms with van der Waals surface area (Å²) in [4.78, 5) is 16.5. The molecule has 0 aliphatic carbocycles. The van der Waals surface area contributed by atoms with Crippen LogP contribution in [0.15, 0.2) is 53.7 Å². The van der Waals surface area contributed by atoms with E-state index in [4.69, 9.17) is 0 Å². The number of H-pyrrole nitrogens is 1. The molecule has 0 aliphatic rings. The first-order valence-electron chi connectivity index (χ1n) is 8.30. The lowest BCUT2D eigenvalue weighted by atomic mass is 10.1. The molecular weight excluding hydrogens is 346 g/mol. The van der Waals surface area contributed by atoms with Gasteiger partial charge in [0.1, 0.15) is 5.82 Å². The van der Waals surface area contributed by atoms with Crippen molar-refractivity contribution in [2.75, 3.05) is 16.4 Å². The number of carbonyl (C=O) groups excluding carboxylic acids is 1. The van der Waals surface area contributed by atoms with Crippen molar-refractivity contribution in [2.24, 2.45) is 0 Å². The fourth-order valence-corrected chi connectivity index (χ4v) is 2.97. The summed E-state index contributed by atoms with van der Waals surface area (Å²) in [5, 5.41) is 13.8. The van der Waals surface area contributed by atoms with E-state index in [1.807, 2.05) is 62.4 Å². The molecule has 0 radical (unpaired) electrons. The van der Waals surface area contributed by atoms with Crippen LogP contribution in [0.5, 0.6) is 0 Å². The molecule has 1 aromatic heterocycles. The second-order valence-electron chi connectivity index (χ2n) is 5.94. The highest BCUT2D eigenvalue weighted by Gasteiger charge is 2.09. The van der Waals surface area contributed by atoms with Gasteiger partial charge in [0.2, 0.25) is 11.1 Å². The molecule has 1 amide bonds. The van der Waals surface area contributed by atoms with Crippen LogP contribution in [-0.2, 0) is 11.3 Å². The fourth-order valence-electron chi connectivity index (χ4n) is 2.35. The Bertz CT molecular complexity index is 879. The van der Waals surface area contributed by atoms with Gasteiger partial charge in [0.25, 0.3) is 0 Å². The van der Waals surface area contributed by atoms with Crippen molar-refractivity contribution in [3.05, 3.63) is 65.5 Å². The van der Waals surface area contributed by atoms with Crippen molar-refractivity contribution >= 4 is 29.0 Å². The second-order valence-corrected chi connectivity index (χ2v) is 6.88. The number of hydrogen-bond acceptors (Lipinski definition) is 5. The molecule has 3 rings (SSSR count). The second kappa shape index (κ2) is 8.53. The Kier molecular flexibility index (Phi) is 5.91. The summed E-state index contributed by atoms with van der Waals surface area (Å²) in [5.41, 5.74) is 4.02. The number of benzene rings is 2. The topological polar surface area (TPSA) is 82.7 Å². The van der Waals surface area contributed by atoms with E-state index in [0.29, 0.717) is 11.7 Å². The van der Waals surface area contributed by atoms with Crippen molar-refractivity contribution in [2.45, 2.75) is 25.5 Å². The Hall–Kier alpha value is -2.80. The fraction of sp³-hybridized carbons (Fsp3) is 0.211. The Morgan fingerprint density at radius 1 is 1.15 bits per heavy atom. The molecule has 1 heterocycles. The van der Waals surface area contributed by atoms with Gasteiger partial charge in [0, 0.05) is 11.4 Å². The summed E-state index contributed by atoms with van der Waals surface area (Å²) in [6, 6.07) is 15.9. The quantitative estimate of drug-likeness (QED) is 0.554. The lowest BCUT2D eigenvalue weighted by Gasteiger charge is -2.08. The monoisotopic (exact) mass is 367 g/mol.